The highest BCUT2D eigenvalue weighted by Crippen LogP contribution is 2.39. The molecule has 0 radical (unpaired) electrons. The molecule has 8 heteroatoms. The molecule has 1 aliphatic carbocycles. The van der Waals surface area contributed by atoms with E-state index in [0.29, 0.717) is 18.7 Å². The first-order chi connectivity index (χ1) is 20.4. The fourth-order valence-electron chi connectivity index (χ4n) is 6.48. The monoisotopic (exact) mass is 570 g/mol. The number of imidazole rings is 1. The second kappa shape index (κ2) is 12.1. The molecule has 7 nitrogen and oxygen atoms in total. The van der Waals surface area contributed by atoms with Gasteiger partial charge in [0.15, 0.2) is 0 Å². The van der Waals surface area contributed by atoms with E-state index in [1.807, 2.05) is 18.2 Å². The predicted octanol–water partition coefficient (Wildman–Crippen LogP) is 7.10. The molecule has 0 spiro atoms. The summed E-state index contributed by atoms with van der Waals surface area (Å²) in [6.45, 7) is 6.88. The molecular weight excluding hydrogens is 531 g/mol. The van der Waals surface area contributed by atoms with Gasteiger partial charge in [0, 0.05) is 43.5 Å². The van der Waals surface area contributed by atoms with E-state index in [-0.39, 0.29) is 24.0 Å². The number of carbonyl (C=O) groups is 1. The second-order valence-corrected chi connectivity index (χ2v) is 12.1. The number of halogens is 1. The normalized spacial score (nSPS) is 19.7. The summed E-state index contributed by atoms with van der Waals surface area (Å²) in [6.07, 6.45) is 7.44. The van der Waals surface area contributed by atoms with Gasteiger partial charge in [-0.3, -0.25) is 9.78 Å². The van der Waals surface area contributed by atoms with Crippen molar-refractivity contribution < 1.29 is 19.0 Å². The van der Waals surface area contributed by atoms with Gasteiger partial charge < -0.3 is 19.3 Å². The number of pyridine rings is 1. The number of aromatic nitrogens is 3. The fourth-order valence-corrected chi connectivity index (χ4v) is 6.48. The zero-order valence-electron chi connectivity index (χ0n) is 24.4. The molecule has 2 aromatic heterocycles. The lowest BCUT2D eigenvalue weighted by molar-refractivity contribution is -0.143. The molecule has 1 aliphatic heterocycles. The Hall–Kier alpha value is -3.94. The van der Waals surface area contributed by atoms with Gasteiger partial charge in [0.2, 0.25) is 0 Å². The zero-order valence-corrected chi connectivity index (χ0v) is 24.4. The van der Waals surface area contributed by atoms with Crippen LogP contribution in [0, 0.1) is 24.6 Å². The van der Waals surface area contributed by atoms with Crippen molar-refractivity contribution in [1.29, 1.82) is 0 Å². The summed E-state index contributed by atoms with van der Waals surface area (Å²) in [6, 6.07) is 15.9. The number of fused-ring (bicyclic) bond motifs is 1. The third-order valence-electron chi connectivity index (χ3n) is 9.02. The first-order valence-electron chi connectivity index (χ1n) is 15.2. The van der Waals surface area contributed by atoms with E-state index in [1.165, 1.54) is 24.6 Å². The van der Waals surface area contributed by atoms with E-state index in [1.54, 1.807) is 13.1 Å². The quantitative estimate of drug-likeness (QED) is 0.243. The minimum atomic E-state index is -0.754. The standard InChI is InChI=1S/C34H39FN4O3/c1-22-13-15-38(16-14-22)25-9-7-24(8-10-25)20-39-32-18-26(42-21-31-29(35)17-23(2)19-36-31)11-12-30(32)37-33(39)27-5-3-4-6-28(27)34(40)41/h7-12,17-19,22,27-28H,3-6,13-16,20-21H2,1-2H3,(H,40,41)/t27-,28+/m0/s1. The molecule has 2 atom stereocenters. The first kappa shape index (κ1) is 28.2. The number of hydrogen-bond donors (Lipinski definition) is 1. The minimum absolute atomic E-state index is 0.0130. The predicted molar refractivity (Wildman–Crippen MR) is 161 cm³/mol. The Morgan fingerprint density at radius 2 is 1.81 bits per heavy atom. The van der Waals surface area contributed by atoms with Gasteiger partial charge in [0.05, 0.1) is 17.0 Å². The van der Waals surface area contributed by atoms with Crippen LogP contribution in [0.25, 0.3) is 11.0 Å². The zero-order chi connectivity index (χ0) is 29.2. The number of aliphatic carboxylic acids is 1. The molecule has 6 rings (SSSR count). The van der Waals surface area contributed by atoms with Crippen molar-refractivity contribution in [3.8, 4) is 5.75 Å². The molecule has 1 saturated heterocycles. The van der Waals surface area contributed by atoms with Gasteiger partial charge in [0.25, 0.3) is 0 Å². The molecular formula is C34H39FN4O3. The lowest BCUT2D eigenvalue weighted by Crippen LogP contribution is -2.32. The number of carboxylic acid groups (broad SMARTS) is 1. The molecule has 2 aliphatic rings. The van der Waals surface area contributed by atoms with E-state index >= 15 is 0 Å². The van der Waals surface area contributed by atoms with Gasteiger partial charge in [0.1, 0.15) is 29.7 Å². The highest BCUT2D eigenvalue weighted by molar-refractivity contribution is 5.79. The summed E-state index contributed by atoms with van der Waals surface area (Å²) in [5, 5.41) is 10.1. The third kappa shape index (κ3) is 5.98. The molecule has 0 amide bonds. The Kier molecular flexibility index (Phi) is 8.13. The topological polar surface area (TPSA) is 80.5 Å². The minimum Gasteiger partial charge on any atom is -0.487 e. The van der Waals surface area contributed by atoms with Crippen molar-refractivity contribution in [2.45, 2.75) is 71.4 Å². The number of anilines is 1. The Labute approximate surface area is 246 Å². The van der Waals surface area contributed by atoms with Gasteiger partial charge >= 0.3 is 5.97 Å². The van der Waals surface area contributed by atoms with Crippen molar-refractivity contribution >= 4 is 22.7 Å². The lowest BCUT2D eigenvalue weighted by atomic mass is 9.78. The van der Waals surface area contributed by atoms with E-state index < -0.39 is 11.9 Å². The van der Waals surface area contributed by atoms with Crippen LogP contribution in [-0.4, -0.2) is 38.7 Å². The molecule has 42 heavy (non-hydrogen) atoms. The molecule has 220 valence electrons. The van der Waals surface area contributed by atoms with Gasteiger partial charge in [-0.1, -0.05) is 31.9 Å². The first-order valence-corrected chi connectivity index (χ1v) is 15.2. The number of ether oxygens (including phenoxy) is 1. The van der Waals surface area contributed by atoms with Crippen LogP contribution >= 0.6 is 0 Å². The highest BCUT2D eigenvalue weighted by atomic mass is 19.1. The third-order valence-corrected chi connectivity index (χ3v) is 9.02. The van der Waals surface area contributed by atoms with Crippen LogP contribution < -0.4 is 9.64 Å². The molecule has 0 unspecified atom stereocenters. The number of carboxylic acids is 1. The summed E-state index contributed by atoms with van der Waals surface area (Å²) in [7, 11) is 0. The maximum atomic E-state index is 14.4. The van der Waals surface area contributed by atoms with E-state index in [4.69, 9.17) is 9.72 Å². The van der Waals surface area contributed by atoms with Crippen molar-refractivity contribution in [2.75, 3.05) is 18.0 Å². The van der Waals surface area contributed by atoms with Gasteiger partial charge in [-0.2, -0.15) is 0 Å². The Bertz CT molecular complexity index is 1560. The summed E-state index contributed by atoms with van der Waals surface area (Å²) in [5.41, 5.74) is 5.06. The fraction of sp³-hybridized carbons (Fsp3) is 0.441. The summed E-state index contributed by atoms with van der Waals surface area (Å²) >= 11 is 0. The van der Waals surface area contributed by atoms with Crippen LogP contribution in [0.15, 0.2) is 54.7 Å². The van der Waals surface area contributed by atoms with Gasteiger partial charge in [-0.05, 0) is 80.0 Å². The number of aryl methyl sites for hydroxylation is 1. The van der Waals surface area contributed by atoms with Gasteiger partial charge in [-0.15, -0.1) is 0 Å². The van der Waals surface area contributed by atoms with Crippen LogP contribution in [0.4, 0.5) is 10.1 Å². The molecule has 4 aromatic rings. The van der Waals surface area contributed by atoms with Crippen molar-refractivity contribution in [3.63, 3.8) is 0 Å². The SMILES string of the molecule is Cc1cnc(COc2ccc3nc([C@H]4CCCC[C@H]4C(=O)O)n(Cc4ccc(N5CCC(C)CC5)cc4)c3c2)c(F)c1. The molecule has 1 saturated carbocycles. The highest BCUT2D eigenvalue weighted by Gasteiger charge is 2.35. The smallest absolute Gasteiger partial charge is 0.307 e. The van der Waals surface area contributed by atoms with Gasteiger partial charge in [-0.25, -0.2) is 9.37 Å². The van der Waals surface area contributed by atoms with Crippen LogP contribution in [0.2, 0.25) is 0 Å². The maximum Gasteiger partial charge on any atom is 0.307 e. The number of rotatable bonds is 8. The summed E-state index contributed by atoms with van der Waals surface area (Å²) < 4.78 is 22.5. The van der Waals surface area contributed by atoms with E-state index in [2.05, 4.69) is 45.6 Å². The Balaban J connectivity index is 1.32. The van der Waals surface area contributed by atoms with Crippen LogP contribution in [0.3, 0.4) is 0 Å². The van der Waals surface area contributed by atoms with Crippen LogP contribution in [-0.2, 0) is 17.9 Å². The molecule has 2 fully saturated rings. The molecule has 2 aromatic carbocycles. The molecule has 3 heterocycles. The van der Waals surface area contributed by atoms with Crippen LogP contribution in [0.1, 0.15) is 74.0 Å². The Morgan fingerprint density at radius 1 is 1.05 bits per heavy atom. The molecule has 0 bridgehead atoms. The average Bonchev–Trinajstić information content (AvgIpc) is 3.35. The second-order valence-electron chi connectivity index (χ2n) is 12.1. The van der Waals surface area contributed by atoms with Crippen molar-refractivity contribution in [1.82, 2.24) is 14.5 Å². The van der Waals surface area contributed by atoms with Crippen molar-refractivity contribution in [2.24, 2.45) is 11.8 Å². The number of piperidine rings is 1. The maximum absolute atomic E-state index is 14.4. The Morgan fingerprint density at radius 3 is 2.55 bits per heavy atom. The number of benzene rings is 2. The van der Waals surface area contributed by atoms with Crippen molar-refractivity contribution in [3.05, 3.63) is 83.2 Å². The average molecular weight is 571 g/mol. The number of nitrogens with zero attached hydrogens (tertiary/aromatic N) is 4. The summed E-state index contributed by atoms with van der Waals surface area (Å²) in [4.78, 5) is 23.9. The van der Waals surface area contributed by atoms with E-state index in [9.17, 15) is 14.3 Å². The lowest BCUT2D eigenvalue weighted by Gasteiger charge is -2.32. The van der Waals surface area contributed by atoms with Crippen LogP contribution in [0.5, 0.6) is 5.75 Å². The van der Waals surface area contributed by atoms with E-state index in [0.717, 1.165) is 66.3 Å². The molecule has 1 N–H and O–H groups in total. The largest absolute Gasteiger partial charge is 0.487 e. The summed E-state index contributed by atoms with van der Waals surface area (Å²) in [5.74, 6) is 0.430. The number of hydrogen-bond acceptors (Lipinski definition) is 5.